The van der Waals surface area contributed by atoms with Crippen LogP contribution in [0.1, 0.15) is 22.2 Å². The summed E-state index contributed by atoms with van der Waals surface area (Å²) in [4.78, 5) is 23.8. The molecule has 2 aromatic rings. The third kappa shape index (κ3) is 3.05. The predicted octanol–water partition coefficient (Wildman–Crippen LogP) is 3.13. The molecule has 0 atom stereocenters. The van der Waals surface area contributed by atoms with E-state index in [1.165, 1.54) is 18.3 Å². The van der Waals surface area contributed by atoms with Crippen LogP contribution in [0.3, 0.4) is 0 Å². The van der Waals surface area contributed by atoms with Crippen molar-refractivity contribution in [3.05, 3.63) is 52.2 Å². The predicted molar refractivity (Wildman–Crippen MR) is 73.1 cm³/mol. The van der Waals surface area contributed by atoms with Gasteiger partial charge in [-0.15, -0.1) is 11.3 Å². The molecule has 1 amide bonds. The van der Waals surface area contributed by atoms with E-state index >= 15 is 0 Å². The zero-order valence-corrected chi connectivity index (χ0v) is 10.8. The first-order valence-electron chi connectivity index (χ1n) is 5.59. The van der Waals surface area contributed by atoms with Gasteiger partial charge in [0.2, 0.25) is 5.91 Å². The van der Waals surface area contributed by atoms with Gasteiger partial charge in [0.15, 0.2) is 5.78 Å². The number of amides is 1. The monoisotopic (exact) mass is 259 g/mol. The summed E-state index contributed by atoms with van der Waals surface area (Å²) in [6.07, 6.45) is 0.314. The standard InChI is InChI=1S/C14H13NO2S/c1-10(16)14-12(7-8-18-14)15-13(17)9-11-5-3-2-4-6-11/h2-8H,9H2,1H3,(H,15,17). The zero-order valence-electron chi connectivity index (χ0n) is 9.97. The normalized spacial score (nSPS) is 10.1. The lowest BCUT2D eigenvalue weighted by Gasteiger charge is -2.05. The Bertz CT molecular complexity index is 560. The Balaban J connectivity index is 2.04. The first-order chi connectivity index (χ1) is 8.66. The molecule has 0 aliphatic heterocycles. The maximum absolute atomic E-state index is 11.8. The van der Waals surface area contributed by atoms with Crippen molar-refractivity contribution in [1.29, 1.82) is 0 Å². The van der Waals surface area contributed by atoms with Crippen molar-refractivity contribution in [2.24, 2.45) is 0 Å². The summed E-state index contributed by atoms with van der Waals surface area (Å²) in [7, 11) is 0. The molecule has 1 heterocycles. The van der Waals surface area contributed by atoms with Crippen molar-refractivity contribution in [2.75, 3.05) is 5.32 Å². The molecule has 0 spiro atoms. The van der Waals surface area contributed by atoms with Gasteiger partial charge in [0.1, 0.15) is 0 Å². The molecule has 0 unspecified atom stereocenters. The summed E-state index contributed by atoms with van der Waals surface area (Å²) in [6, 6.07) is 11.3. The van der Waals surface area contributed by atoms with Gasteiger partial charge in [0, 0.05) is 6.92 Å². The number of hydrogen-bond acceptors (Lipinski definition) is 3. The summed E-state index contributed by atoms with van der Waals surface area (Å²) in [6.45, 7) is 1.50. The van der Waals surface area contributed by atoms with Crippen molar-refractivity contribution in [1.82, 2.24) is 0 Å². The molecule has 1 aromatic carbocycles. The summed E-state index contributed by atoms with van der Waals surface area (Å²) in [5, 5.41) is 4.57. The minimum absolute atomic E-state index is 0.0278. The Labute approximate surface area is 109 Å². The molecule has 3 nitrogen and oxygen atoms in total. The number of carbonyl (C=O) groups excluding carboxylic acids is 2. The Morgan fingerprint density at radius 2 is 1.89 bits per heavy atom. The Kier molecular flexibility index (Phi) is 3.89. The molecule has 0 saturated carbocycles. The van der Waals surface area contributed by atoms with Crippen molar-refractivity contribution in [3.8, 4) is 0 Å². The highest BCUT2D eigenvalue weighted by molar-refractivity contribution is 7.12. The largest absolute Gasteiger partial charge is 0.324 e. The minimum atomic E-state index is -0.109. The van der Waals surface area contributed by atoms with Crippen LogP contribution in [0.2, 0.25) is 0 Å². The van der Waals surface area contributed by atoms with E-state index in [9.17, 15) is 9.59 Å². The maximum atomic E-state index is 11.8. The number of nitrogens with one attached hydrogen (secondary N) is 1. The van der Waals surface area contributed by atoms with E-state index in [1.807, 2.05) is 30.3 Å². The Hall–Kier alpha value is -1.94. The van der Waals surface area contributed by atoms with Gasteiger partial charge in [-0.1, -0.05) is 30.3 Å². The van der Waals surface area contributed by atoms with Gasteiger partial charge < -0.3 is 5.32 Å². The van der Waals surface area contributed by atoms with E-state index < -0.39 is 0 Å². The SMILES string of the molecule is CC(=O)c1sccc1NC(=O)Cc1ccccc1. The third-order valence-electron chi connectivity index (χ3n) is 2.47. The molecule has 0 fully saturated rings. The van der Waals surface area contributed by atoms with E-state index in [2.05, 4.69) is 5.32 Å². The molecule has 0 saturated heterocycles. The van der Waals surface area contributed by atoms with Crippen LogP contribution < -0.4 is 5.32 Å². The van der Waals surface area contributed by atoms with Crippen LogP contribution in [-0.2, 0) is 11.2 Å². The zero-order chi connectivity index (χ0) is 13.0. The van der Waals surface area contributed by atoms with Gasteiger partial charge >= 0.3 is 0 Å². The summed E-state index contributed by atoms with van der Waals surface area (Å²) >= 11 is 1.34. The highest BCUT2D eigenvalue weighted by atomic mass is 32.1. The first-order valence-corrected chi connectivity index (χ1v) is 6.47. The minimum Gasteiger partial charge on any atom is -0.324 e. The number of anilines is 1. The maximum Gasteiger partial charge on any atom is 0.228 e. The quantitative estimate of drug-likeness (QED) is 0.857. The molecule has 1 aromatic heterocycles. The van der Waals surface area contributed by atoms with E-state index in [0.717, 1.165) is 5.56 Å². The van der Waals surface area contributed by atoms with Crippen LogP contribution in [0.5, 0.6) is 0 Å². The van der Waals surface area contributed by atoms with Crippen LogP contribution in [0.4, 0.5) is 5.69 Å². The smallest absolute Gasteiger partial charge is 0.228 e. The summed E-state index contributed by atoms with van der Waals surface area (Å²) < 4.78 is 0. The van der Waals surface area contributed by atoms with E-state index in [1.54, 1.807) is 11.4 Å². The van der Waals surface area contributed by atoms with E-state index in [0.29, 0.717) is 17.0 Å². The number of benzene rings is 1. The van der Waals surface area contributed by atoms with E-state index in [-0.39, 0.29) is 11.7 Å². The molecular formula is C14H13NO2S. The molecule has 0 aliphatic carbocycles. The first kappa shape index (κ1) is 12.5. The fraction of sp³-hybridized carbons (Fsp3) is 0.143. The van der Waals surface area contributed by atoms with Crippen LogP contribution in [0, 0.1) is 0 Å². The van der Waals surface area contributed by atoms with Crippen molar-refractivity contribution in [3.63, 3.8) is 0 Å². The van der Waals surface area contributed by atoms with Gasteiger partial charge in [-0.05, 0) is 17.0 Å². The molecule has 92 valence electrons. The van der Waals surface area contributed by atoms with Gasteiger partial charge in [-0.2, -0.15) is 0 Å². The van der Waals surface area contributed by atoms with Crippen molar-refractivity contribution in [2.45, 2.75) is 13.3 Å². The third-order valence-corrected chi connectivity index (χ3v) is 3.48. The molecule has 0 bridgehead atoms. The molecule has 1 N–H and O–H groups in total. The molecular weight excluding hydrogens is 246 g/mol. The van der Waals surface area contributed by atoms with Crippen LogP contribution in [0.25, 0.3) is 0 Å². The Morgan fingerprint density at radius 1 is 1.17 bits per heavy atom. The summed E-state index contributed by atoms with van der Waals surface area (Å²) in [5.74, 6) is -0.137. The number of ketones is 1. The van der Waals surface area contributed by atoms with Crippen LogP contribution >= 0.6 is 11.3 Å². The lowest BCUT2D eigenvalue weighted by molar-refractivity contribution is -0.115. The number of Topliss-reactive ketones (excluding diaryl/α,β-unsaturated/α-hetero) is 1. The second-order valence-corrected chi connectivity index (χ2v) is 4.85. The topological polar surface area (TPSA) is 46.2 Å². The average molecular weight is 259 g/mol. The highest BCUT2D eigenvalue weighted by Gasteiger charge is 2.11. The van der Waals surface area contributed by atoms with Crippen molar-refractivity contribution >= 4 is 28.7 Å². The lowest BCUT2D eigenvalue weighted by Crippen LogP contribution is -2.15. The average Bonchev–Trinajstić information content (AvgIpc) is 2.78. The second-order valence-electron chi connectivity index (χ2n) is 3.93. The van der Waals surface area contributed by atoms with Gasteiger partial charge in [0.05, 0.1) is 17.0 Å². The van der Waals surface area contributed by atoms with Crippen LogP contribution in [0.15, 0.2) is 41.8 Å². The van der Waals surface area contributed by atoms with Gasteiger partial charge in [-0.3, -0.25) is 9.59 Å². The molecule has 0 radical (unpaired) electrons. The fourth-order valence-corrected chi connectivity index (χ4v) is 2.41. The number of thiophene rings is 1. The molecule has 18 heavy (non-hydrogen) atoms. The lowest BCUT2D eigenvalue weighted by atomic mass is 10.1. The number of hydrogen-bond donors (Lipinski definition) is 1. The molecule has 0 aliphatic rings. The fourth-order valence-electron chi connectivity index (χ4n) is 1.66. The highest BCUT2D eigenvalue weighted by Crippen LogP contribution is 2.22. The van der Waals surface area contributed by atoms with Gasteiger partial charge in [0.25, 0.3) is 0 Å². The number of rotatable bonds is 4. The van der Waals surface area contributed by atoms with Gasteiger partial charge in [-0.25, -0.2) is 0 Å². The van der Waals surface area contributed by atoms with E-state index in [4.69, 9.17) is 0 Å². The van der Waals surface area contributed by atoms with Crippen molar-refractivity contribution < 1.29 is 9.59 Å². The summed E-state index contributed by atoms with van der Waals surface area (Å²) in [5.41, 5.74) is 1.56. The molecule has 4 heteroatoms. The number of carbonyl (C=O) groups is 2. The van der Waals surface area contributed by atoms with Crippen LogP contribution in [-0.4, -0.2) is 11.7 Å². The molecule has 2 rings (SSSR count). The Morgan fingerprint density at radius 3 is 2.56 bits per heavy atom. The second kappa shape index (κ2) is 5.60.